The Kier molecular flexibility index (Phi) is 4.67. The van der Waals surface area contributed by atoms with Gasteiger partial charge in [0.25, 0.3) is 0 Å². The number of carbonyl (C=O) groups is 1. The fourth-order valence-electron chi connectivity index (χ4n) is 1.62. The van der Waals surface area contributed by atoms with Crippen molar-refractivity contribution in [2.75, 3.05) is 12.8 Å². The third-order valence-corrected chi connectivity index (χ3v) is 4.14. The first-order valence-electron chi connectivity index (χ1n) is 5.62. The number of ether oxygens (including phenoxy) is 1. The summed E-state index contributed by atoms with van der Waals surface area (Å²) in [4.78, 5) is 12.9. The van der Waals surface area contributed by atoms with E-state index in [0.29, 0.717) is 15.1 Å². The van der Waals surface area contributed by atoms with E-state index in [9.17, 15) is 9.18 Å². The van der Waals surface area contributed by atoms with Crippen LogP contribution in [0.2, 0.25) is 0 Å². The largest absolute Gasteiger partial charge is 0.465 e. The highest BCUT2D eigenvalue weighted by Gasteiger charge is 2.20. The van der Waals surface area contributed by atoms with Crippen LogP contribution in [0.1, 0.15) is 10.4 Å². The Balaban J connectivity index is 2.50. The molecular formula is C14H11BrFNO2S. The first-order chi connectivity index (χ1) is 9.52. The molecule has 0 spiro atoms. The quantitative estimate of drug-likeness (QED) is 0.664. The standard InChI is InChI=1S/C14H11BrFNO2S/c1-19-14(18)13-9(16)6-8(15)7-12(13)20-11-5-3-2-4-10(11)17/h2-7H,17H2,1H3. The molecule has 0 aliphatic heterocycles. The highest BCUT2D eigenvalue weighted by Crippen LogP contribution is 2.36. The van der Waals surface area contributed by atoms with E-state index in [2.05, 4.69) is 20.7 Å². The van der Waals surface area contributed by atoms with E-state index < -0.39 is 11.8 Å². The van der Waals surface area contributed by atoms with Crippen molar-refractivity contribution in [2.45, 2.75) is 9.79 Å². The number of benzene rings is 2. The van der Waals surface area contributed by atoms with Gasteiger partial charge in [-0.25, -0.2) is 9.18 Å². The maximum Gasteiger partial charge on any atom is 0.342 e. The lowest BCUT2D eigenvalue weighted by molar-refractivity contribution is 0.0591. The molecule has 0 amide bonds. The number of rotatable bonds is 3. The average Bonchev–Trinajstić information content (AvgIpc) is 2.40. The molecule has 0 radical (unpaired) electrons. The van der Waals surface area contributed by atoms with E-state index >= 15 is 0 Å². The summed E-state index contributed by atoms with van der Waals surface area (Å²) < 4.78 is 19.1. The van der Waals surface area contributed by atoms with Gasteiger partial charge in [0.1, 0.15) is 11.4 Å². The van der Waals surface area contributed by atoms with Crippen LogP contribution in [0, 0.1) is 5.82 Å². The summed E-state index contributed by atoms with van der Waals surface area (Å²) in [5, 5.41) is 0. The van der Waals surface area contributed by atoms with Crippen molar-refractivity contribution in [3.05, 3.63) is 52.3 Å². The lowest BCUT2D eigenvalue weighted by atomic mass is 10.2. The second-order valence-electron chi connectivity index (χ2n) is 3.89. The molecule has 0 aromatic heterocycles. The number of carbonyl (C=O) groups excluding carboxylic acids is 1. The maximum absolute atomic E-state index is 14.0. The van der Waals surface area contributed by atoms with E-state index in [1.807, 2.05) is 12.1 Å². The number of methoxy groups -OCH3 is 1. The number of esters is 1. The molecule has 0 saturated heterocycles. The molecule has 0 fully saturated rings. The molecule has 0 aliphatic rings. The lowest BCUT2D eigenvalue weighted by Gasteiger charge is -2.10. The molecule has 0 heterocycles. The Morgan fingerprint density at radius 3 is 2.65 bits per heavy atom. The zero-order chi connectivity index (χ0) is 14.7. The van der Waals surface area contributed by atoms with Gasteiger partial charge in [0.2, 0.25) is 0 Å². The molecule has 2 rings (SSSR count). The van der Waals surface area contributed by atoms with Gasteiger partial charge in [-0.15, -0.1) is 0 Å². The summed E-state index contributed by atoms with van der Waals surface area (Å²) >= 11 is 4.43. The first kappa shape index (κ1) is 14.9. The number of hydrogen-bond donors (Lipinski definition) is 1. The van der Waals surface area contributed by atoms with Gasteiger partial charge in [0.15, 0.2) is 0 Å². The van der Waals surface area contributed by atoms with Crippen LogP contribution in [0.4, 0.5) is 10.1 Å². The molecule has 0 unspecified atom stereocenters. The third-order valence-electron chi connectivity index (χ3n) is 2.55. The molecule has 0 aliphatic carbocycles. The van der Waals surface area contributed by atoms with Crippen LogP contribution < -0.4 is 5.73 Å². The summed E-state index contributed by atoms with van der Waals surface area (Å²) in [7, 11) is 1.22. The van der Waals surface area contributed by atoms with Crippen LogP contribution in [0.3, 0.4) is 0 Å². The Hall–Kier alpha value is -1.53. The number of nitrogens with two attached hydrogens (primary N) is 1. The van der Waals surface area contributed by atoms with Crippen LogP contribution >= 0.6 is 27.7 Å². The fraction of sp³-hybridized carbons (Fsp3) is 0.0714. The van der Waals surface area contributed by atoms with Gasteiger partial charge < -0.3 is 10.5 Å². The van der Waals surface area contributed by atoms with E-state index in [1.165, 1.54) is 24.9 Å². The predicted octanol–water partition coefficient (Wildman–Crippen LogP) is 4.11. The van der Waals surface area contributed by atoms with Gasteiger partial charge in [0, 0.05) is 20.0 Å². The van der Waals surface area contributed by atoms with E-state index in [0.717, 1.165) is 4.90 Å². The molecule has 0 atom stereocenters. The molecule has 0 saturated carbocycles. The molecular weight excluding hydrogens is 345 g/mol. The molecule has 6 heteroatoms. The van der Waals surface area contributed by atoms with Crippen molar-refractivity contribution < 1.29 is 13.9 Å². The van der Waals surface area contributed by atoms with Crippen LogP contribution in [0.15, 0.2) is 50.7 Å². The number of para-hydroxylation sites is 1. The van der Waals surface area contributed by atoms with Crippen LogP contribution in [0.25, 0.3) is 0 Å². The molecule has 104 valence electrons. The van der Waals surface area contributed by atoms with Crippen molar-refractivity contribution in [3.8, 4) is 0 Å². The van der Waals surface area contributed by atoms with Crippen molar-refractivity contribution >= 4 is 39.3 Å². The van der Waals surface area contributed by atoms with Gasteiger partial charge in [-0.05, 0) is 24.3 Å². The SMILES string of the molecule is COC(=O)c1c(F)cc(Br)cc1Sc1ccccc1N. The Morgan fingerprint density at radius 1 is 1.30 bits per heavy atom. The minimum Gasteiger partial charge on any atom is -0.465 e. The highest BCUT2D eigenvalue weighted by molar-refractivity contribution is 9.10. The molecule has 3 nitrogen and oxygen atoms in total. The second-order valence-corrected chi connectivity index (χ2v) is 5.89. The zero-order valence-electron chi connectivity index (χ0n) is 10.5. The minimum atomic E-state index is -0.716. The number of anilines is 1. The van der Waals surface area contributed by atoms with Gasteiger partial charge in [-0.2, -0.15) is 0 Å². The van der Waals surface area contributed by atoms with E-state index in [1.54, 1.807) is 18.2 Å². The second kappa shape index (κ2) is 6.28. The third kappa shape index (κ3) is 3.13. The van der Waals surface area contributed by atoms with Gasteiger partial charge >= 0.3 is 5.97 Å². The highest BCUT2D eigenvalue weighted by atomic mass is 79.9. The van der Waals surface area contributed by atoms with Crippen molar-refractivity contribution in [1.29, 1.82) is 0 Å². The normalized spacial score (nSPS) is 10.3. The number of nitrogen functional groups attached to an aromatic ring is 1. The Bertz CT molecular complexity index is 664. The van der Waals surface area contributed by atoms with Crippen LogP contribution in [-0.4, -0.2) is 13.1 Å². The van der Waals surface area contributed by atoms with Gasteiger partial charge in [-0.1, -0.05) is 39.8 Å². The van der Waals surface area contributed by atoms with Gasteiger partial charge in [0.05, 0.1) is 7.11 Å². The predicted molar refractivity (Wildman–Crippen MR) is 80.4 cm³/mol. The van der Waals surface area contributed by atoms with Gasteiger partial charge in [-0.3, -0.25) is 0 Å². The van der Waals surface area contributed by atoms with Crippen molar-refractivity contribution in [2.24, 2.45) is 0 Å². The summed E-state index contributed by atoms with van der Waals surface area (Å²) in [6, 6.07) is 10.1. The molecule has 2 aromatic rings. The van der Waals surface area contributed by atoms with Crippen LogP contribution in [0.5, 0.6) is 0 Å². The Labute approximate surface area is 128 Å². The minimum absolute atomic E-state index is 0.0936. The topological polar surface area (TPSA) is 52.3 Å². The molecule has 2 aromatic carbocycles. The molecule has 20 heavy (non-hydrogen) atoms. The van der Waals surface area contributed by atoms with Crippen molar-refractivity contribution in [3.63, 3.8) is 0 Å². The summed E-state index contributed by atoms with van der Waals surface area (Å²) in [5.41, 5.74) is 6.33. The van der Waals surface area contributed by atoms with E-state index in [-0.39, 0.29) is 5.56 Å². The Morgan fingerprint density at radius 2 is 2.00 bits per heavy atom. The summed E-state index contributed by atoms with van der Waals surface area (Å²) in [5.74, 6) is -1.35. The smallest absolute Gasteiger partial charge is 0.342 e. The zero-order valence-corrected chi connectivity index (χ0v) is 12.9. The van der Waals surface area contributed by atoms with E-state index in [4.69, 9.17) is 5.73 Å². The first-order valence-corrected chi connectivity index (χ1v) is 7.23. The maximum atomic E-state index is 14.0. The number of halogens is 2. The summed E-state index contributed by atoms with van der Waals surface area (Å²) in [6.07, 6.45) is 0. The van der Waals surface area contributed by atoms with Crippen LogP contribution in [-0.2, 0) is 4.74 Å². The molecule has 0 bridgehead atoms. The number of hydrogen-bond acceptors (Lipinski definition) is 4. The monoisotopic (exact) mass is 355 g/mol. The van der Waals surface area contributed by atoms with Crippen molar-refractivity contribution in [1.82, 2.24) is 0 Å². The lowest BCUT2D eigenvalue weighted by Crippen LogP contribution is -2.06. The fourth-order valence-corrected chi connectivity index (χ4v) is 3.24. The summed E-state index contributed by atoms with van der Waals surface area (Å²) in [6.45, 7) is 0. The average molecular weight is 356 g/mol. The molecule has 2 N–H and O–H groups in total.